The number of nitrogens with one attached hydrogen (secondary N) is 2. The van der Waals surface area contributed by atoms with Crippen LogP contribution in [0.25, 0.3) is 5.65 Å². The van der Waals surface area contributed by atoms with Gasteiger partial charge in [0.25, 0.3) is 5.91 Å². The van der Waals surface area contributed by atoms with Crippen LogP contribution in [0.3, 0.4) is 0 Å². The summed E-state index contributed by atoms with van der Waals surface area (Å²) in [7, 11) is 1.30. The van der Waals surface area contributed by atoms with E-state index in [-0.39, 0.29) is 24.3 Å². The Labute approximate surface area is 220 Å². The van der Waals surface area contributed by atoms with Gasteiger partial charge in [0.15, 0.2) is 11.1 Å². The summed E-state index contributed by atoms with van der Waals surface area (Å²) in [6.07, 6.45) is 10.5. The number of hydrogen-bond acceptors (Lipinski definition) is 7. The maximum atomic E-state index is 13.4. The maximum Gasteiger partial charge on any atom is 0.321 e. The van der Waals surface area contributed by atoms with Crippen LogP contribution in [0.5, 0.6) is 0 Å². The topological polar surface area (TPSA) is 133 Å². The number of amides is 2. The van der Waals surface area contributed by atoms with Crippen LogP contribution in [-0.4, -0.2) is 55.8 Å². The molecule has 3 fully saturated rings. The highest BCUT2D eigenvalue weighted by Gasteiger charge is 2.50. The second-order valence-corrected chi connectivity index (χ2v) is 10.8. The average Bonchev–Trinajstić information content (AvgIpc) is 3.81. The summed E-state index contributed by atoms with van der Waals surface area (Å²) in [6.45, 7) is 3.00. The first kappa shape index (κ1) is 24.6. The fourth-order valence-corrected chi connectivity index (χ4v) is 6.08. The van der Waals surface area contributed by atoms with E-state index in [1.165, 1.54) is 32.8 Å². The summed E-state index contributed by atoms with van der Waals surface area (Å²) in [5.41, 5.74) is 1.39. The van der Waals surface area contributed by atoms with Crippen LogP contribution in [0.15, 0.2) is 30.7 Å². The fourth-order valence-electron chi connectivity index (χ4n) is 6.08. The highest BCUT2D eigenvalue weighted by molar-refractivity contribution is 6.04. The van der Waals surface area contributed by atoms with Gasteiger partial charge in [-0.3, -0.25) is 19.1 Å². The molecule has 3 aromatic rings. The van der Waals surface area contributed by atoms with E-state index >= 15 is 0 Å². The van der Waals surface area contributed by atoms with Gasteiger partial charge >= 0.3 is 5.97 Å². The molecule has 2 unspecified atom stereocenters. The minimum absolute atomic E-state index is 0.154. The number of hydrogen-bond donors (Lipinski definition) is 2. The van der Waals surface area contributed by atoms with E-state index < -0.39 is 11.4 Å². The number of rotatable bonds is 10. The molecule has 3 aromatic heterocycles. The molecule has 0 spiro atoms. The number of carbonyl (C=O) groups excluding carboxylic acids is 3. The van der Waals surface area contributed by atoms with E-state index in [0.717, 1.165) is 11.3 Å². The Morgan fingerprint density at radius 3 is 2.63 bits per heavy atom. The van der Waals surface area contributed by atoms with Crippen molar-refractivity contribution in [1.82, 2.24) is 35.0 Å². The molecule has 2 saturated carbocycles. The Bertz CT molecular complexity index is 1380. The predicted molar refractivity (Wildman–Crippen MR) is 136 cm³/mol. The normalized spacial score (nSPS) is 22.0. The number of aromatic nitrogens is 5. The zero-order valence-electron chi connectivity index (χ0n) is 21.7. The molecule has 3 aliphatic rings. The largest absolute Gasteiger partial charge is 0.468 e. The molecule has 4 heterocycles. The molecule has 1 aliphatic heterocycles. The number of ether oxygens (including phenoxy) is 1. The molecular weight excluding hydrogens is 486 g/mol. The van der Waals surface area contributed by atoms with Crippen molar-refractivity contribution in [3.63, 3.8) is 0 Å². The molecule has 0 aromatic carbocycles. The minimum atomic E-state index is -1.26. The zero-order chi connectivity index (χ0) is 26.4. The fraction of sp³-hybridized carbons (Fsp3) is 0.556. The van der Waals surface area contributed by atoms with Crippen molar-refractivity contribution in [2.24, 2.45) is 23.2 Å². The lowest BCUT2D eigenvalue weighted by atomic mass is 9.80. The highest BCUT2D eigenvalue weighted by atomic mass is 16.5. The third-order valence-corrected chi connectivity index (χ3v) is 8.32. The van der Waals surface area contributed by atoms with Gasteiger partial charge in [-0.15, -0.1) is 0 Å². The van der Waals surface area contributed by atoms with Gasteiger partial charge in [-0.2, -0.15) is 10.2 Å². The van der Waals surface area contributed by atoms with E-state index in [2.05, 4.69) is 20.8 Å². The Hall–Kier alpha value is -3.76. The number of aryl methyl sites for hydroxylation is 1. The number of fused-ring (bicyclic) bond motifs is 1. The molecule has 200 valence electrons. The van der Waals surface area contributed by atoms with Gasteiger partial charge in [-0.05, 0) is 80.9 Å². The van der Waals surface area contributed by atoms with E-state index in [0.29, 0.717) is 48.6 Å². The third kappa shape index (κ3) is 4.33. The smallest absolute Gasteiger partial charge is 0.321 e. The van der Waals surface area contributed by atoms with Gasteiger partial charge in [0.05, 0.1) is 31.2 Å². The van der Waals surface area contributed by atoms with Crippen LogP contribution < -0.4 is 10.6 Å². The lowest BCUT2D eigenvalue weighted by Gasteiger charge is -2.27. The molecule has 11 heteroatoms. The van der Waals surface area contributed by atoms with Gasteiger partial charge in [0, 0.05) is 19.3 Å². The number of imidazole rings is 1. The molecule has 6 rings (SSSR count). The van der Waals surface area contributed by atoms with Gasteiger partial charge < -0.3 is 15.4 Å². The lowest BCUT2D eigenvalue weighted by Crippen LogP contribution is -2.41. The molecule has 2 aliphatic carbocycles. The van der Waals surface area contributed by atoms with Crippen molar-refractivity contribution in [3.8, 4) is 0 Å². The van der Waals surface area contributed by atoms with Crippen molar-refractivity contribution < 1.29 is 19.1 Å². The van der Waals surface area contributed by atoms with Gasteiger partial charge in [-0.25, -0.2) is 9.50 Å². The third-order valence-electron chi connectivity index (χ3n) is 8.32. The second-order valence-electron chi connectivity index (χ2n) is 10.8. The minimum Gasteiger partial charge on any atom is -0.468 e. The summed E-state index contributed by atoms with van der Waals surface area (Å²) in [5, 5.41) is 14.9. The Morgan fingerprint density at radius 1 is 1.24 bits per heavy atom. The molecular formula is C27H33N7O4. The first-order valence-electron chi connectivity index (χ1n) is 13.5. The van der Waals surface area contributed by atoms with Crippen molar-refractivity contribution in [3.05, 3.63) is 47.7 Å². The summed E-state index contributed by atoms with van der Waals surface area (Å²) < 4.78 is 8.38. The predicted octanol–water partition coefficient (Wildman–Crippen LogP) is 2.07. The molecule has 2 atom stereocenters. The van der Waals surface area contributed by atoms with Crippen LogP contribution >= 0.6 is 0 Å². The summed E-state index contributed by atoms with van der Waals surface area (Å²) in [6, 6.07) is 3.36. The van der Waals surface area contributed by atoms with E-state index in [9.17, 15) is 14.4 Å². The summed E-state index contributed by atoms with van der Waals surface area (Å²) in [5.74, 6) is 0.474. The van der Waals surface area contributed by atoms with Crippen LogP contribution in [0.1, 0.15) is 66.8 Å². The Morgan fingerprint density at radius 2 is 2.00 bits per heavy atom. The quantitative estimate of drug-likeness (QED) is 0.310. The van der Waals surface area contributed by atoms with Gasteiger partial charge in [-0.1, -0.05) is 0 Å². The number of esters is 1. The monoisotopic (exact) mass is 519 g/mol. The molecule has 2 amide bonds. The zero-order valence-corrected chi connectivity index (χ0v) is 21.7. The second kappa shape index (κ2) is 9.52. The van der Waals surface area contributed by atoms with Crippen LogP contribution in [-0.2, 0) is 27.3 Å². The van der Waals surface area contributed by atoms with Gasteiger partial charge in [0.1, 0.15) is 5.69 Å². The molecule has 11 nitrogen and oxygen atoms in total. The lowest BCUT2D eigenvalue weighted by molar-refractivity contribution is -0.156. The van der Waals surface area contributed by atoms with Crippen molar-refractivity contribution in [2.75, 3.05) is 13.7 Å². The van der Waals surface area contributed by atoms with Crippen LogP contribution in [0.4, 0.5) is 0 Å². The molecule has 2 N–H and O–H groups in total. The standard InChI is InChI=1S/C27H33N7O4/c1-3-33-20(8-10-29-33)24(35)32-23(22(17-4-5-17)18-6-7-18)19-15-34-21(31-19)12-16(14-30-34)13-27(26(37)38-2)9-11-28-25(27)36/h8,10,12,14-15,17-18,22-23H,3-7,9,11,13H2,1-2H3,(H,28,36)(H,32,35). The van der Waals surface area contributed by atoms with Crippen LogP contribution in [0.2, 0.25) is 0 Å². The first-order valence-corrected chi connectivity index (χ1v) is 13.5. The molecule has 1 saturated heterocycles. The Kier molecular flexibility index (Phi) is 6.16. The SMILES string of the molecule is CCn1nccc1C(=O)NC(c1cn2ncc(CC3(C(=O)OC)CCNC3=O)cc2n1)C(C1CC1)C1CC1. The number of methoxy groups -OCH3 is 1. The highest BCUT2D eigenvalue weighted by Crippen LogP contribution is 2.54. The first-order chi connectivity index (χ1) is 18.4. The Balaban J connectivity index is 1.32. The maximum absolute atomic E-state index is 13.4. The molecule has 0 bridgehead atoms. The average molecular weight is 520 g/mol. The van der Waals surface area contributed by atoms with E-state index in [1.807, 2.05) is 19.2 Å². The van der Waals surface area contributed by atoms with Gasteiger partial charge in [0.2, 0.25) is 5.91 Å². The molecule has 38 heavy (non-hydrogen) atoms. The van der Waals surface area contributed by atoms with E-state index in [4.69, 9.17) is 9.72 Å². The number of carbonyl (C=O) groups is 3. The van der Waals surface area contributed by atoms with Crippen molar-refractivity contribution >= 4 is 23.4 Å². The van der Waals surface area contributed by atoms with Crippen molar-refractivity contribution in [2.45, 2.75) is 58.0 Å². The summed E-state index contributed by atoms with van der Waals surface area (Å²) in [4.78, 5) is 43.5. The van der Waals surface area contributed by atoms with Crippen molar-refractivity contribution in [1.29, 1.82) is 0 Å². The van der Waals surface area contributed by atoms with E-state index in [1.54, 1.807) is 27.7 Å². The summed E-state index contributed by atoms with van der Waals surface area (Å²) >= 11 is 0. The van der Waals surface area contributed by atoms with Crippen LogP contribution in [0, 0.1) is 23.2 Å². The molecule has 0 radical (unpaired) electrons. The number of nitrogens with zero attached hydrogens (tertiary/aromatic N) is 5.